The number of amides is 1. The highest BCUT2D eigenvalue weighted by Crippen LogP contribution is 2.33. The Morgan fingerprint density at radius 3 is 2.76 bits per heavy atom. The van der Waals surface area contributed by atoms with Crippen LogP contribution in [0.5, 0.6) is 5.75 Å². The predicted octanol–water partition coefficient (Wildman–Crippen LogP) is 1.35. The van der Waals surface area contributed by atoms with Crippen molar-refractivity contribution in [2.24, 2.45) is 0 Å². The van der Waals surface area contributed by atoms with E-state index >= 15 is 0 Å². The number of hydrogen-bond acceptors (Lipinski definition) is 6. The molecule has 1 heterocycles. The molecule has 0 aliphatic heterocycles. The minimum atomic E-state index is -1.14. The molecule has 0 fully saturated rings. The Balaban J connectivity index is 2.28. The molecule has 1 aromatic carbocycles. The number of aromatic carboxylic acids is 1. The smallest absolute Gasteiger partial charge is 0.339 e. The summed E-state index contributed by atoms with van der Waals surface area (Å²) in [6, 6.07) is 4.90. The van der Waals surface area contributed by atoms with Crippen LogP contribution in [0.3, 0.4) is 0 Å². The quantitative estimate of drug-likeness (QED) is 0.690. The molecule has 8 heteroatoms. The van der Waals surface area contributed by atoms with E-state index in [1.54, 1.807) is 32.0 Å². The molecule has 0 bridgehead atoms. The molecule has 2 rings (SSSR count). The maximum atomic E-state index is 11.5. The number of anilines is 1. The van der Waals surface area contributed by atoms with Gasteiger partial charge in [0.2, 0.25) is 5.91 Å². The van der Waals surface area contributed by atoms with Crippen LogP contribution >= 0.6 is 0 Å². The normalized spacial score (nSPS) is 12.0. The van der Waals surface area contributed by atoms with Crippen LogP contribution in [-0.4, -0.2) is 48.3 Å². The fourth-order valence-corrected chi connectivity index (χ4v) is 2.53. The molecule has 2 aromatic rings. The molecule has 0 aliphatic rings. The van der Waals surface area contributed by atoms with Gasteiger partial charge in [-0.25, -0.2) is 4.79 Å². The number of carboxylic acids is 1. The van der Waals surface area contributed by atoms with Crippen molar-refractivity contribution in [2.75, 3.05) is 26.1 Å². The molecule has 134 valence electrons. The number of aromatic nitrogens is 1. The van der Waals surface area contributed by atoms with Gasteiger partial charge in [0.25, 0.3) is 0 Å². The Kier molecular flexibility index (Phi) is 5.76. The first kappa shape index (κ1) is 18.5. The number of rotatable bonds is 7. The lowest BCUT2D eigenvalue weighted by Gasteiger charge is -2.17. The van der Waals surface area contributed by atoms with Crippen LogP contribution in [0, 0.1) is 6.92 Å². The van der Waals surface area contributed by atoms with Crippen LogP contribution in [0.25, 0.3) is 10.9 Å². The number of ether oxygens (including phenoxy) is 2. The summed E-state index contributed by atoms with van der Waals surface area (Å²) in [6.07, 6.45) is 0. The van der Waals surface area contributed by atoms with Crippen LogP contribution in [-0.2, 0) is 9.53 Å². The molecule has 4 N–H and O–H groups in total. The summed E-state index contributed by atoms with van der Waals surface area (Å²) in [4.78, 5) is 27.2. The second-order valence-corrected chi connectivity index (χ2v) is 5.65. The molecule has 1 atom stereocenters. The van der Waals surface area contributed by atoms with Gasteiger partial charge in [0.05, 0.1) is 28.3 Å². The van der Waals surface area contributed by atoms with Gasteiger partial charge in [-0.05, 0) is 26.0 Å². The highest BCUT2D eigenvalue weighted by atomic mass is 16.5. The first-order valence-corrected chi connectivity index (χ1v) is 7.68. The van der Waals surface area contributed by atoms with Crippen LogP contribution in [0.15, 0.2) is 18.2 Å². The fraction of sp³-hybridized carbons (Fsp3) is 0.353. The molecular weight excluding hydrogens is 326 g/mol. The largest absolute Gasteiger partial charge is 0.491 e. The molecule has 0 radical (unpaired) electrons. The molecule has 0 saturated heterocycles. The van der Waals surface area contributed by atoms with E-state index in [0.717, 1.165) is 0 Å². The maximum Gasteiger partial charge on any atom is 0.339 e. The summed E-state index contributed by atoms with van der Waals surface area (Å²) in [5.74, 6) is -0.973. The summed E-state index contributed by atoms with van der Waals surface area (Å²) < 4.78 is 10.5. The highest BCUT2D eigenvalue weighted by molar-refractivity contribution is 6.06. The third-order valence-corrected chi connectivity index (χ3v) is 3.58. The van der Waals surface area contributed by atoms with E-state index in [2.05, 4.69) is 10.3 Å². The minimum absolute atomic E-state index is 0.0310. The standard InChI is InChI=1S/C17H21N3O5/c1-9(19-13(21)8-24-3)7-25-12-6-4-5-11-15(12)16(18)14(17(22)23)10(2)20-11/h4-6,9H,7-8H2,1-3H3,(H2,18,20)(H,19,21)(H,22,23). The number of nitrogens with zero attached hydrogens (tertiary/aromatic N) is 1. The van der Waals surface area contributed by atoms with Crippen molar-refractivity contribution in [3.63, 3.8) is 0 Å². The number of aryl methyl sites for hydroxylation is 1. The van der Waals surface area contributed by atoms with Crippen LogP contribution in [0.2, 0.25) is 0 Å². The van der Waals surface area contributed by atoms with Crippen molar-refractivity contribution in [3.05, 3.63) is 29.5 Å². The minimum Gasteiger partial charge on any atom is -0.491 e. The summed E-state index contributed by atoms with van der Waals surface area (Å²) in [7, 11) is 1.44. The molecule has 0 spiro atoms. The SMILES string of the molecule is COCC(=O)NC(C)COc1cccc2nc(C)c(C(=O)O)c(N)c12. The predicted molar refractivity (Wildman–Crippen MR) is 92.8 cm³/mol. The highest BCUT2D eigenvalue weighted by Gasteiger charge is 2.19. The van der Waals surface area contributed by atoms with Gasteiger partial charge in [-0.2, -0.15) is 0 Å². The topological polar surface area (TPSA) is 124 Å². The Bertz CT molecular complexity index is 806. The monoisotopic (exact) mass is 347 g/mol. The maximum absolute atomic E-state index is 11.5. The zero-order chi connectivity index (χ0) is 18.6. The van der Waals surface area contributed by atoms with E-state index in [-0.39, 0.29) is 36.4 Å². The molecule has 0 saturated carbocycles. The van der Waals surface area contributed by atoms with Crippen molar-refractivity contribution >= 4 is 28.5 Å². The number of fused-ring (bicyclic) bond motifs is 1. The number of carbonyl (C=O) groups excluding carboxylic acids is 1. The van der Waals surface area contributed by atoms with Gasteiger partial charge in [-0.1, -0.05) is 6.07 Å². The number of pyridine rings is 1. The van der Waals surface area contributed by atoms with Gasteiger partial charge in [0.15, 0.2) is 0 Å². The lowest BCUT2D eigenvalue weighted by molar-refractivity contribution is -0.125. The van der Waals surface area contributed by atoms with E-state index in [1.165, 1.54) is 7.11 Å². The second-order valence-electron chi connectivity index (χ2n) is 5.65. The van der Waals surface area contributed by atoms with E-state index < -0.39 is 5.97 Å². The Hall–Kier alpha value is -2.87. The Morgan fingerprint density at radius 2 is 2.12 bits per heavy atom. The average Bonchev–Trinajstić information content (AvgIpc) is 2.52. The van der Waals surface area contributed by atoms with E-state index in [0.29, 0.717) is 22.3 Å². The molecule has 8 nitrogen and oxygen atoms in total. The van der Waals surface area contributed by atoms with Gasteiger partial charge in [0.1, 0.15) is 24.5 Å². The van der Waals surface area contributed by atoms with Crippen molar-refractivity contribution in [3.8, 4) is 5.75 Å². The van der Waals surface area contributed by atoms with E-state index in [1.807, 2.05) is 0 Å². The zero-order valence-corrected chi connectivity index (χ0v) is 14.3. The molecular formula is C17H21N3O5. The average molecular weight is 347 g/mol. The van der Waals surface area contributed by atoms with Gasteiger partial charge >= 0.3 is 5.97 Å². The van der Waals surface area contributed by atoms with Gasteiger partial charge in [-0.15, -0.1) is 0 Å². The number of benzene rings is 1. The third kappa shape index (κ3) is 4.16. The number of methoxy groups -OCH3 is 1. The van der Waals surface area contributed by atoms with Gasteiger partial charge in [-0.3, -0.25) is 9.78 Å². The van der Waals surface area contributed by atoms with Crippen molar-refractivity contribution in [2.45, 2.75) is 19.9 Å². The number of carboxylic acid groups (broad SMARTS) is 1. The number of nitrogens with one attached hydrogen (secondary N) is 1. The van der Waals surface area contributed by atoms with Gasteiger partial charge in [0, 0.05) is 7.11 Å². The second kappa shape index (κ2) is 7.80. The Labute approximate surface area is 144 Å². The molecule has 1 aromatic heterocycles. The fourth-order valence-electron chi connectivity index (χ4n) is 2.53. The number of carbonyl (C=O) groups is 2. The molecule has 1 amide bonds. The lowest BCUT2D eigenvalue weighted by atomic mass is 10.1. The first-order chi connectivity index (χ1) is 11.8. The van der Waals surface area contributed by atoms with E-state index in [4.69, 9.17) is 15.2 Å². The first-order valence-electron chi connectivity index (χ1n) is 7.68. The van der Waals surface area contributed by atoms with Crippen molar-refractivity contribution in [1.29, 1.82) is 0 Å². The molecule has 0 aliphatic carbocycles. The molecule has 1 unspecified atom stereocenters. The summed E-state index contributed by atoms with van der Waals surface area (Å²) >= 11 is 0. The number of nitrogen functional groups attached to an aromatic ring is 1. The van der Waals surface area contributed by atoms with E-state index in [9.17, 15) is 14.7 Å². The van der Waals surface area contributed by atoms with Crippen molar-refractivity contribution in [1.82, 2.24) is 10.3 Å². The lowest BCUT2D eigenvalue weighted by Crippen LogP contribution is -2.38. The Morgan fingerprint density at radius 1 is 1.40 bits per heavy atom. The number of hydrogen-bond donors (Lipinski definition) is 3. The summed E-state index contributed by atoms with van der Waals surface area (Å²) in [6.45, 7) is 3.54. The summed E-state index contributed by atoms with van der Waals surface area (Å²) in [5.41, 5.74) is 7.03. The molecule has 25 heavy (non-hydrogen) atoms. The number of nitrogens with two attached hydrogens (primary N) is 1. The third-order valence-electron chi connectivity index (χ3n) is 3.58. The van der Waals surface area contributed by atoms with Crippen LogP contribution in [0.1, 0.15) is 23.0 Å². The van der Waals surface area contributed by atoms with Gasteiger partial charge < -0.3 is 25.6 Å². The van der Waals surface area contributed by atoms with Crippen molar-refractivity contribution < 1.29 is 24.2 Å². The zero-order valence-electron chi connectivity index (χ0n) is 14.3. The van der Waals surface area contributed by atoms with Crippen LogP contribution in [0.4, 0.5) is 5.69 Å². The summed E-state index contributed by atoms with van der Waals surface area (Å²) in [5, 5.41) is 12.5. The van der Waals surface area contributed by atoms with Crippen LogP contribution < -0.4 is 15.8 Å².